The number of nitriles is 1. The van der Waals surface area contributed by atoms with Gasteiger partial charge in [0.15, 0.2) is 0 Å². The van der Waals surface area contributed by atoms with E-state index < -0.39 is 0 Å². The molecular formula is C20H16N4O. The standard InChI is InChI=1S/C20H16N4O/c1-13-14(2)23(11-15-6-4-3-5-7-15)19-18(13)20(25)24-12-16(10-21)8-9-17(24)22-19/h3-9,12H,11H2,1-2H3. The Kier molecular flexibility index (Phi) is 3.40. The van der Waals surface area contributed by atoms with E-state index in [-0.39, 0.29) is 5.56 Å². The van der Waals surface area contributed by atoms with Crippen LogP contribution in [0.2, 0.25) is 0 Å². The van der Waals surface area contributed by atoms with Crippen LogP contribution < -0.4 is 5.56 Å². The van der Waals surface area contributed by atoms with Gasteiger partial charge >= 0.3 is 0 Å². The Bertz CT molecular complexity index is 1210. The Labute approximate surface area is 144 Å². The van der Waals surface area contributed by atoms with Crippen molar-refractivity contribution in [2.24, 2.45) is 0 Å². The van der Waals surface area contributed by atoms with Gasteiger partial charge in [0, 0.05) is 18.4 Å². The molecule has 0 aliphatic heterocycles. The minimum absolute atomic E-state index is 0.135. The van der Waals surface area contributed by atoms with Crippen LogP contribution in [0.1, 0.15) is 22.4 Å². The molecule has 0 aliphatic carbocycles. The van der Waals surface area contributed by atoms with Crippen molar-refractivity contribution in [3.63, 3.8) is 0 Å². The maximum Gasteiger partial charge on any atom is 0.267 e. The average molecular weight is 328 g/mol. The first kappa shape index (κ1) is 15.2. The van der Waals surface area contributed by atoms with Gasteiger partial charge in [-0.2, -0.15) is 5.26 Å². The van der Waals surface area contributed by atoms with Crippen molar-refractivity contribution in [1.82, 2.24) is 14.0 Å². The Hall–Kier alpha value is -3.39. The van der Waals surface area contributed by atoms with Crippen molar-refractivity contribution < 1.29 is 0 Å². The third-order valence-electron chi connectivity index (χ3n) is 4.69. The predicted molar refractivity (Wildman–Crippen MR) is 96.7 cm³/mol. The fourth-order valence-electron chi connectivity index (χ4n) is 3.22. The van der Waals surface area contributed by atoms with Crippen molar-refractivity contribution in [2.45, 2.75) is 20.4 Å². The molecule has 4 aromatic rings. The highest BCUT2D eigenvalue weighted by Gasteiger charge is 2.17. The first-order chi connectivity index (χ1) is 12.1. The van der Waals surface area contributed by atoms with Crippen LogP contribution in [0.25, 0.3) is 16.7 Å². The number of hydrogen-bond acceptors (Lipinski definition) is 3. The number of hydrogen-bond donors (Lipinski definition) is 0. The minimum atomic E-state index is -0.135. The third-order valence-corrected chi connectivity index (χ3v) is 4.69. The molecule has 0 spiro atoms. The predicted octanol–water partition coefficient (Wildman–Crippen LogP) is 3.19. The number of aryl methyl sites for hydroxylation is 1. The number of benzene rings is 1. The maximum absolute atomic E-state index is 13.0. The molecule has 0 N–H and O–H groups in total. The van der Waals surface area contributed by atoms with Crippen molar-refractivity contribution in [3.05, 3.63) is 81.4 Å². The van der Waals surface area contributed by atoms with Gasteiger partial charge in [-0.1, -0.05) is 30.3 Å². The molecule has 5 heteroatoms. The Morgan fingerprint density at radius 2 is 1.88 bits per heavy atom. The first-order valence-electron chi connectivity index (χ1n) is 8.06. The lowest BCUT2D eigenvalue weighted by Crippen LogP contribution is -2.16. The van der Waals surface area contributed by atoms with Gasteiger partial charge in [0.2, 0.25) is 0 Å². The topological polar surface area (TPSA) is 63.1 Å². The number of nitrogens with zero attached hydrogens (tertiary/aromatic N) is 4. The SMILES string of the molecule is Cc1c(C)n(Cc2ccccc2)c2nc3ccc(C#N)cn3c(=O)c12. The lowest BCUT2D eigenvalue weighted by molar-refractivity contribution is 0.791. The summed E-state index contributed by atoms with van der Waals surface area (Å²) >= 11 is 0. The molecule has 0 atom stereocenters. The largest absolute Gasteiger partial charge is 0.325 e. The van der Waals surface area contributed by atoms with E-state index in [0.717, 1.165) is 16.8 Å². The van der Waals surface area contributed by atoms with E-state index in [4.69, 9.17) is 10.2 Å². The molecule has 122 valence electrons. The van der Waals surface area contributed by atoms with E-state index in [9.17, 15) is 4.79 Å². The van der Waals surface area contributed by atoms with E-state index in [1.807, 2.05) is 32.0 Å². The normalized spacial score (nSPS) is 11.1. The molecule has 5 nitrogen and oxygen atoms in total. The van der Waals surface area contributed by atoms with Crippen LogP contribution in [0.15, 0.2) is 53.5 Å². The Morgan fingerprint density at radius 3 is 2.60 bits per heavy atom. The van der Waals surface area contributed by atoms with Gasteiger partial charge in [0.25, 0.3) is 5.56 Å². The van der Waals surface area contributed by atoms with Crippen LogP contribution in [0, 0.1) is 25.2 Å². The van der Waals surface area contributed by atoms with E-state index >= 15 is 0 Å². The number of rotatable bonds is 2. The first-order valence-corrected chi connectivity index (χ1v) is 8.06. The van der Waals surface area contributed by atoms with Gasteiger partial charge in [-0.15, -0.1) is 0 Å². The van der Waals surface area contributed by atoms with Crippen LogP contribution in [0.3, 0.4) is 0 Å². The number of fused-ring (bicyclic) bond motifs is 2. The zero-order valence-corrected chi connectivity index (χ0v) is 14.0. The van der Waals surface area contributed by atoms with Gasteiger partial charge in [-0.25, -0.2) is 4.98 Å². The molecule has 0 bridgehead atoms. The molecule has 0 unspecified atom stereocenters. The number of pyridine rings is 1. The Balaban J connectivity index is 2.04. The molecule has 0 radical (unpaired) electrons. The molecule has 3 aromatic heterocycles. The number of aromatic nitrogens is 3. The van der Waals surface area contributed by atoms with Crippen molar-refractivity contribution in [2.75, 3.05) is 0 Å². The molecule has 3 heterocycles. The molecule has 0 fully saturated rings. The minimum Gasteiger partial charge on any atom is -0.325 e. The van der Waals surface area contributed by atoms with Crippen LogP contribution in [0.5, 0.6) is 0 Å². The molecular weight excluding hydrogens is 312 g/mol. The van der Waals surface area contributed by atoms with Crippen LogP contribution in [-0.4, -0.2) is 14.0 Å². The fraction of sp³-hybridized carbons (Fsp3) is 0.150. The van der Waals surface area contributed by atoms with Crippen LogP contribution in [-0.2, 0) is 6.54 Å². The highest BCUT2D eigenvalue weighted by molar-refractivity contribution is 5.83. The average Bonchev–Trinajstić information content (AvgIpc) is 2.87. The zero-order chi connectivity index (χ0) is 17.6. The fourth-order valence-corrected chi connectivity index (χ4v) is 3.22. The van der Waals surface area contributed by atoms with Crippen LogP contribution >= 0.6 is 0 Å². The van der Waals surface area contributed by atoms with Crippen molar-refractivity contribution >= 4 is 16.7 Å². The summed E-state index contributed by atoms with van der Waals surface area (Å²) in [6.45, 7) is 4.62. The molecule has 0 aliphatic rings. The maximum atomic E-state index is 13.0. The van der Waals surface area contributed by atoms with Crippen LogP contribution in [0.4, 0.5) is 0 Å². The van der Waals surface area contributed by atoms with E-state index in [1.54, 1.807) is 18.3 Å². The summed E-state index contributed by atoms with van der Waals surface area (Å²) in [7, 11) is 0. The molecule has 0 saturated carbocycles. The van der Waals surface area contributed by atoms with Crippen molar-refractivity contribution in [1.29, 1.82) is 5.26 Å². The summed E-state index contributed by atoms with van der Waals surface area (Å²) < 4.78 is 3.54. The summed E-state index contributed by atoms with van der Waals surface area (Å²) in [5.41, 5.74) is 4.65. The van der Waals surface area contributed by atoms with E-state index in [1.165, 1.54) is 4.40 Å². The van der Waals surface area contributed by atoms with E-state index in [0.29, 0.717) is 28.8 Å². The lowest BCUT2D eigenvalue weighted by atomic mass is 10.2. The molecule has 0 amide bonds. The highest BCUT2D eigenvalue weighted by Crippen LogP contribution is 2.23. The second-order valence-corrected chi connectivity index (χ2v) is 6.16. The monoisotopic (exact) mass is 328 g/mol. The molecule has 4 rings (SSSR count). The second kappa shape index (κ2) is 5.60. The third kappa shape index (κ3) is 2.31. The van der Waals surface area contributed by atoms with Gasteiger partial charge < -0.3 is 4.57 Å². The Morgan fingerprint density at radius 1 is 1.12 bits per heavy atom. The quantitative estimate of drug-likeness (QED) is 0.568. The van der Waals surface area contributed by atoms with Gasteiger partial charge in [0.05, 0.1) is 10.9 Å². The van der Waals surface area contributed by atoms with Gasteiger partial charge in [-0.3, -0.25) is 9.20 Å². The van der Waals surface area contributed by atoms with Gasteiger partial charge in [0.1, 0.15) is 17.4 Å². The van der Waals surface area contributed by atoms with E-state index in [2.05, 4.69) is 22.8 Å². The summed E-state index contributed by atoms with van der Waals surface area (Å²) in [6.07, 6.45) is 1.55. The van der Waals surface area contributed by atoms with Gasteiger partial charge in [-0.05, 0) is 37.1 Å². The summed E-state index contributed by atoms with van der Waals surface area (Å²) in [5.74, 6) is 0. The summed E-state index contributed by atoms with van der Waals surface area (Å²) in [5, 5.41) is 9.69. The zero-order valence-electron chi connectivity index (χ0n) is 14.0. The smallest absolute Gasteiger partial charge is 0.267 e. The highest BCUT2D eigenvalue weighted by atomic mass is 16.1. The summed E-state index contributed by atoms with van der Waals surface area (Å²) in [6, 6.07) is 15.6. The summed E-state index contributed by atoms with van der Waals surface area (Å²) in [4.78, 5) is 17.7. The second-order valence-electron chi connectivity index (χ2n) is 6.16. The molecule has 25 heavy (non-hydrogen) atoms. The molecule has 0 saturated heterocycles. The van der Waals surface area contributed by atoms with Crippen molar-refractivity contribution in [3.8, 4) is 6.07 Å². The molecule has 1 aromatic carbocycles. The lowest BCUT2D eigenvalue weighted by Gasteiger charge is -2.08.